The fourth-order valence-electron chi connectivity index (χ4n) is 3.93. The van der Waals surface area contributed by atoms with E-state index in [9.17, 15) is 9.59 Å². The molecule has 0 saturated carbocycles. The lowest BCUT2D eigenvalue weighted by Gasteiger charge is -2.16. The normalized spacial score (nSPS) is 13.4. The molecule has 0 atom stereocenters. The van der Waals surface area contributed by atoms with Crippen LogP contribution < -0.4 is 14.8 Å². The first-order valence-electron chi connectivity index (χ1n) is 11.5. The molecule has 174 valence electrons. The minimum atomic E-state index is -0.341. The van der Waals surface area contributed by atoms with Gasteiger partial charge in [0, 0.05) is 18.3 Å². The Morgan fingerprint density at radius 1 is 0.765 bits per heavy atom. The number of rotatable bonds is 10. The van der Waals surface area contributed by atoms with Crippen LogP contribution in [-0.4, -0.2) is 36.5 Å². The van der Waals surface area contributed by atoms with Crippen molar-refractivity contribution in [2.45, 2.75) is 20.3 Å². The Bertz CT molecular complexity index is 1190. The molecule has 0 fully saturated rings. The highest BCUT2D eigenvalue weighted by Crippen LogP contribution is 2.34. The molecule has 1 aliphatic rings. The van der Waals surface area contributed by atoms with Gasteiger partial charge in [0.05, 0.1) is 18.8 Å². The molecule has 3 aromatic carbocycles. The molecule has 1 aliphatic heterocycles. The number of carbonyl (C=O) groups is 2. The van der Waals surface area contributed by atoms with Crippen LogP contribution in [0.4, 0.5) is 5.69 Å². The van der Waals surface area contributed by atoms with Crippen molar-refractivity contribution in [1.29, 1.82) is 0 Å². The molecular formula is C28H28N2O4. The molecular weight excluding hydrogens is 428 g/mol. The molecule has 0 saturated heterocycles. The van der Waals surface area contributed by atoms with E-state index in [1.165, 1.54) is 4.90 Å². The predicted molar refractivity (Wildman–Crippen MR) is 133 cm³/mol. The number of carbonyl (C=O) groups excluding carboxylic acids is 2. The molecule has 0 unspecified atom stereocenters. The number of nitrogens with zero attached hydrogens (tertiary/aromatic N) is 1. The van der Waals surface area contributed by atoms with Crippen molar-refractivity contribution < 1.29 is 19.1 Å². The van der Waals surface area contributed by atoms with Crippen molar-refractivity contribution in [3.8, 4) is 11.5 Å². The van der Waals surface area contributed by atoms with E-state index >= 15 is 0 Å². The highest BCUT2D eigenvalue weighted by molar-refractivity contribution is 6.36. The number of hydrogen-bond donors (Lipinski definition) is 1. The third-order valence-electron chi connectivity index (χ3n) is 5.51. The zero-order chi connectivity index (χ0) is 23.9. The third-order valence-corrected chi connectivity index (χ3v) is 5.51. The van der Waals surface area contributed by atoms with Crippen LogP contribution in [-0.2, 0) is 16.0 Å². The van der Waals surface area contributed by atoms with Gasteiger partial charge in [-0.3, -0.25) is 14.5 Å². The monoisotopic (exact) mass is 456 g/mol. The lowest BCUT2D eigenvalue weighted by molar-refractivity contribution is -0.136. The summed E-state index contributed by atoms with van der Waals surface area (Å²) >= 11 is 0. The van der Waals surface area contributed by atoms with E-state index in [0.29, 0.717) is 54.5 Å². The molecule has 0 aromatic heterocycles. The van der Waals surface area contributed by atoms with E-state index in [4.69, 9.17) is 9.47 Å². The number of hydrogen-bond acceptors (Lipinski definition) is 5. The number of nitrogens with one attached hydrogen (secondary N) is 1. The van der Waals surface area contributed by atoms with Crippen LogP contribution in [0.2, 0.25) is 0 Å². The second-order valence-electron chi connectivity index (χ2n) is 7.77. The summed E-state index contributed by atoms with van der Waals surface area (Å²) in [6, 6.07) is 24.5. The molecule has 6 heteroatoms. The van der Waals surface area contributed by atoms with Gasteiger partial charge in [-0.15, -0.1) is 0 Å². The van der Waals surface area contributed by atoms with Crippen LogP contribution in [0.3, 0.4) is 0 Å². The smallest absolute Gasteiger partial charge is 0.278 e. The molecule has 6 nitrogen and oxygen atoms in total. The van der Waals surface area contributed by atoms with Gasteiger partial charge < -0.3 is 14.8 Å². The number of ether oxygens (including phenoxy) is 2. The molecule has 4 rings (SSSR count). The van der Waals surface area contributed by atoms with Crippen molar-refractivity contribution in [2.24, 2.45) is 0 Å². The van der Waals surface area contributed by atoms with Crippen LogP contribution in [0, 0.1) is 0 Å². The second kappa shape index (κ2) is 10.7. The maximum Gasteiger partial charge on any atom is 0.278 e. The molecule has 0 spiro atoms. The average Bonchev–Trinajstić information content (AvgIpc) is 3.09. The van der Waals surface area contributed by atoms with E-state index < -0.39 is 0 Å². The average molecular weight is 457 g/mol. The minimum absolute atomic E-state index is 0.260. The summed E-state index contributed by atoms with van der Waals surface area (Å²) in [6.45, 7) is 5.10. The van der Waals surface area contributed by atoms with E-state index in [1.54, 1.807) is 12.1 Å². The Kier molecular flexibility index (Phi) is 7.28. The van der Waals surface area contributed by atoms with Gasteiger partial charge in [0.1, 0.15) is 5.70 Å². The van der Waals surface area contributed by atoms with Crippen molar-refractivity contribution in [1.82, 2.24) is 4.90 Å². The van der Waals surface area contributed by atoms with Crippen LogP contribution in [0.25, 0.3) is 5.57 Å². The number of imide groups is 1. The lowest BCUT2D eigenvalue weighted by atomic mass is 10.0. The molecule has 3 aromatic rings. The zero-order valence-electron chi connectivity index (χ0n) is 19.4. The fourth-order valence-corrected chi connectivity index (χ4v) is 3.93. The van der Waals surface area contributed by atoms with Gasteiger partial charge in [-0.2, -0.15) is 0 Å². The van der Waals surface area contributed by atoms with Crippen LogP contribution >= 0.6 is 0 Å². The summed E-state index contributed by atoms with van der Waals surface area (Å²) in [6.07, 6.45) is 0.589. The van der Waals surface area contributed by atoms with Crippen LogP contribution in [0.5, 0.6) is 11.5 Å². The maximum absolute atomic E-state index is 13.4. The summed E-state index contributed by atoms with van der Waals surface area (Å²) in [5.74, 6) is 0.566. The quantitative estimate of drug-likeness (QED) is 0.439. The van der Waals surface area contributed by atoms with Gasteiger partial charge in [0.15, 0.2) is 11.5 Å². The number of anilines is 1. The lowest BCUT2D eigenvalue weighted by Crippen LogP contribution is -2.34. The van der Waals surface area contributed by atoms with Crippen LogP contribution in [0.1, 0.15) is 25.0 Å². The highest BCUT2D eigenvalue weighted by Gasteiger charge is 2.39. The Labute approximate surface area is 199 Å². The molecule has 34 heavy (non-hydrogen) atoms. The van der Waals surface area contributed by atoms with Gasteiger partial charge in [-0.05, 0) is 43.5 Å². The van der Waals surface area contributed by atoms with E-state index in [0.717, 1.165) is 5.56 Å². The first-order chi connectivity index (χ1) is 16.6. The largest absolute Gasteiger partial charge is 0.490 e. The Morgan fingerprint density at radius 2 is 1.41 bits per heavy atom. The molecule has 1 heterocycles. The predicted octanol–water partition coefficient (Wildman–Crippen LogP) is 4.92. The van der Waals surface area contributed by atoms with E-state index in [1.807, 2.05) is 80.6 Å². The van der Waals surface area contributed by atoms with E-state index in [-0.39, 0.29) is 17.5 Å². The maximum atomic E-state index is 13.4. The molecule has 1 N–H and O–H groups in total. The zero-order valence-corrected chi connectivity index (χ0v) is 19.4. The Balaban J connectivity index is 1.66. The summed E-state index contributed by atoms with van der Waals surface area (Å²) in [5, 5.41) is 3.20. The highest BCUT2D eigenvalue weighted by atomic mass is 16.5. The summed E-state index contributed by atoms with van der Waals surface area (Å²) in [4.78, 5) is 28.2. The molecule has 2 amide bonds. The topological polar surface area (TPSA) is 67.9 Å². The van der Waals surface area contributed by atoms with Crippen LogP contribution in [0.15, 0.2) is 84.6 Å². The van der Waals surface area contributed by atoms with Crippen molar-refractivity contribution in [2.75, 3.05) is 25.1 Å². The molecule has 0 bridgehead atoms. The Hall–Kier alpha value is -4.06. The first kappa shape index (κ1) is 23.1. The fraction of sp³-hybridized carbons (Fsp3) is 0.214. The minimum Gasteiger partial charge on any atom is -0.490 e. The summed E-state index contributed by atoms with van der Waals surface area (Å²) in [7, 11) is 0. The SMILES string of the molecule is CCOc1ccc(NC2=C(c3ccccc3)C(=O)N(CCc3ccccc3)C2=O)cc1OCC. The van der Waals surface area contributed by atoms with Crippen molar-refractivity contribution >= 4 is 23.1 Å². The molecule has 0 aliphatic carbocycles. The van der Waals surface area contributed by atoms with Gasteiger partial charge in [-0.25, -0.2) is 0 Å². The number of benzene rings is 3. The first-order valence-corrected chi connectivity index (χ1v) is 11.5. The summed E-state index contributed by atoms with van der Waals surface area (Å²) in [5.41, 5.74) is 3.03. The number of amides is 2. The van der Waals surface area contributed by atoms with Crippen molar-refractivity contribution in [3.63, 3.8) is 0 Å². The van der Waals surface area contributed by atoms with Gasteiger partial charge in [-0.1, -0.05) is 60.7 Å². The Morgan fingerprint density at radius 3 is 2.09 bits per heavy atom. The van der Waals surface area contributed by atoms with E-state index in [2.05, 4.69) is 5.32 Å². The third kappa shape index (κ3) is 4.96. The van der Waals surface area contributed by atoms with Gasteiger partial charge in [0.25, 0.3) is 11.8 Å². The summed E-state index contributed by atoms with van der Waals surface area (Å²) < 4.78 is 11.4. The van der Waals surface area contributed by atoms with Gasteiger partial charge in [0.2, 0.25) is 0 Å². The van der Waals surface area contributed by atoms with Crippen molar-refractivity contribution in [3.05, 3.63) is 95.7 Å². The molecule has 0 radical (unpaired) electrons. The second-order valence-corrected chi connectivity index (χ2v) is 7.77. The van der Waals surface area contributed by atoms with Gasteiger partial charge >= 0.3 is 0 Å². The standard InChI is InChI=1S/C28H28N2O4/c1-3-33-23-16-15-22(19-24(23)34-4-2)29-26-25(21-13-9-6-10-14-21)27(31)30(28(26)32)18-17-20-11-7-5-8-12-20/h5-16,19,29H,3-4,17-18H2,1-2H3.